The van der Waals surface area contributed by atoms with Gasteiger partial charge >= 0.3 is 0 Å². The van der Waals surface area contributed by atoms with Crippen molar-refractivity contribution in [1.82, 2.24) is 0 Å². The van der Waals surface area contributed by atoms with E-state index in [4.69, 9.17) is 0 Å². The van der Waals surface area contributed by atoms with Gasteiger partial charge in [0.15, 0.2) is 5.78 Å². The maximum absolute atomic E-state index is 12.8. The van der Waals surface area contributed by atoms with Gasteiger partial charge in [-0.3, -0.25) is 14.9 Å². The van der Waals surface area contributed by atoms with E-state index in [9.17, 15) is 14.9 Å². The van der Waals surface area contributed by atoms with Gasteiger partial charge < -0.3 is 0 Å². The Morgan fingerprint density at radius 1 is 0.815 bits per heavy atom. The molecule has 0 amide bonds. The molecule has 0 saturated heterocycles. The van der Waals surface area contributed by atoms with Crippen molar-refractivity contribution in [2.45, 2.75) is 9.65 Å². The first-order valence-corrected chi connectivity index (χ1v) is 10.0. The van der Waals surface area contributed by atoms with E-state index in [2.05, 4.69) is 31.9 Å². The van der Waals surface area contributed by atoms with Crippen LogP contribution in [0.3, 0.4) is 0 Å². The third-order valence-electron chi connectivity index (χ3n) is 4.21. The molecule has 27 heavy (non-hydrogen) atoms. The summed E-state index contributed by atoms with van der Waals surface area (Å²) in [5.74, 6) is -0.0603. The molecule has 0 radical (unpaired) electrons. The number of carbonyl (C=O) groups excluding carboxylic acids is 1. The lowest BCUT2D eigenvalue weighted by molar-refractivity contribution is -0.384. The molecule has 0 heterocycles. The highest BCUT2D eigenvalue weighted by Gasteiger charge is 2.26. The summed E-state index contributed by atoms with van der Waals surface area (Å²) in [5.41, 5.74) is 3.55. The van der Waals surface area contributed by atoms with Crippen LogP contribution >= 0.6 is 31.9 Å². The molecule has 0 aliphatic rings. The van der Waals surface area contributed by atoms with Crippen LogP contribution < -0.4 is 0 Å². The number of rotatable bonds is 6. The van der Waals surface area contributed by atoms with Crippen LogP contribution in [0.15, 0.2) is 78.9 Å². The Bertz CT molecular complexity index is 941. The van der Waals surface area contributed by atoms with E-state index >= 15 is 0 Å². The molecule has 0 aliphatic heterocycles. The van der Waals surface area contributed by atoms with Crippen LogP contribution in [0.1, 0.15) is 20.7 Å². The van der Waals surface area contributed by atoms with Crippen molar-refractivity contribution in [2.24, 2.45) is 0 Å². The fraction of sp³-hybridized carbons (Fsp3) is 0.0952. The van der Waals surface area contributed by atoms with Gasteiger partial charge in [0, 0.05) is 17.7 Å². The van der Waals surface area contributed by atoms with Crippen LogP contribution in [0, 0.1) is 10.1 Å². The number of hydrogen-bond donors (Lipinski definition) is 0. The number of benzene rings is 3. The van der Waals surface area contributed by atoms with Crippen LogP contribution in [0.4, 0.5) is 5.69 Å². The summed E-state index contributed by atoms with van der Waals surface area (Å²) in [6.45, 7) is 0. The van der Waals surface area contributed by atoms with E-state index in [1.165, 1.54) is 12.1 Å². The van der Waals surface area contributed by atoms with Gasteiger partial charge in [-0.25, -0.2) is 0 Å². The number of hydrogen-bond acceptors (Lipinski definition) is 3. The molecule has 0 N–H and O–H groups in total. The first kappa shape index (κ1) is 19.5. The molecule has 6 heteroatoms. The molecule has 0 saturated carbocycles. The predicted octanol–water partition coefficient (Wildman–Crippen LogP) is 6.34. The van der Waals surface area contributed by atoms with Crippen molar-refractivity contribution in [3.8, 4) is 11.1 Å². The van der Waals surface area contributed by atoms with Crippen molar-refractivity contribution < 1.29 is 9.72 Å². The minimum absolute atomic E-state index is 0.0207. The number of nitro benzene ring substituents is 1. The average molecular weight is 489 g/mol. The summed E-state index contributed by atoms with van der Waals surface area (Å²) in [5, 5.41) is 10.8. The van der Waals surface area contributed by atoms with Gasteiger partial charge in [0.1, 0.15) is 0 Å². The third kappa shape index (κ3) is 4.51. The molecule has 136 valence electrons. The lowest BCUT2D eigenvalue weighted by atomic mass is 9.99. The SMILES string of the molecule is O=C(c1ccc(-c2ccccc2)cc1)[C@H](Br)[C@@H](Br)c1ccc([N+](=O)[O-])cc1. The molecule has 0 aromatic heterocycles. The largest absolute Gasteiger partial charge is 0.293 e. The Morgan fingerprint density at radius 3 is 1.93 bits per heavy atom. The molecule has 2 atom stereocenters. The van der Waals surface area contributed by atoms with Gasteiger partial charge in [0.2, 0.25) is 0 Å². The number of ketones is 1. The minimum atomic E-state index is -0.499. The molecule has 0 spiro atoms. The average Bonchev–Trinajstić information content (AvgIpc) is 2.73. The summed E-state index contributed by atoms with van der Waals surface area (Å²) in [6.07, 6.45) is 0. The topological polar surface area (TPSA) is 60.2 Å². The highest BCUT2D eigenvalue weighted by molar-refractivity contribution is 9.12. The summed E-state index contributed by atoms with van der Waals surface area (Å²) < 4.78 is 0. The molecule has 4 nitrogen and oxygen atoms in total. The number of halogens is 2. The maximum Gasteiger partial charge on any atom is 0.269 e. The first-order chi connectivity index (χ1) is 13.0. The zero-order chi connectivity index (χ0) is 19.4. The van der Waals surface area contributed by atoms with Crippen molar-refractivity contribution >= 4 is 43.3 Å². The standard InChI is InChI=1S/C21H15Br2NO3/c22-19(16-10-12-18(13-11-16)24(26)27)20(23)21(25)17-8-6-15(7-9-17)14-4-2-1-3-5-14/h1-13,19-20H/t19-,20+/m0/s1. The summed E-state index contributed by atoms with van der Waals surface area (Å²) in [6, 6.07) is 23.6. The Kier molecular flexibility index (Phi) is 6.19. The van der Waals surface area contributed by atoms with E-state index in [-0.39, 0.29) is 16.3 Å². The Labute approximate surface area is 173 Å². The second kappa shape index (κ2) is 8.59. The fourth-order valence-corrected chi connectivity index (χ4v) is 3.81. The molecule has 3 rings (SSSR count). The van der Waals surface area contributed by atoms with Gasteiger partial charge in [-0.05, 0) is 16.7 Å². The van der Waals surface area contributed by atoms with E-state index in [1.807, 2.05) is 54.6 Å². The highest BCUT2D eigenvalue weighted by atomic mass is 79.9. The van der Waals surface area contributed by atoms with Crippen LogP contribution in [-0.2, 0) is 0 Å². The van der Waals surface area contributed by atoms with Gasteiger partial charge in [-0.1, -0.05) is 98.6 Å². The Balaban J connectivity index is 1.75. The van der Waals surface area contributed by atoms with Gasteiger partial charge in [-0.15, -0.1) is 0 Å². The van der Waals surface area contributed by atoms with Crippen LogP contribution in [-0.4, -0.2) is 15.5 Å². The van der Waals surface area contributed by atoms with Crippen LogP contribution in [0.25, 0.3) is 11.1 Å². The van der Waals surface area contributed by atoms with Gasteiger partial charge in [0.05, 0.1) is 14.6 Å². The van der Waals surface area contributed by atoms with E-state index in [0.29, 0.717) is 5.56 Å². The Hall–Kier alpha value is -2.31. The molecule has 0 aliphatic carbocycles. The monoisotopic (exact) mass is 487 g/mol. The second-order valence-corrected chi connectivity index (χ2v) is 7.93. The molecular weight excluding hydrogens is 474 g/mol. The molecule has 0 bridgehead atoms. The molecule has 3 aromatic rings. The van der Waals surface area contributed by atoms with Crippen molar-refractivity contribution in [1.29, 1.82) is 0 Å². The number of alkyl halides is 2. The summed E-state index contributed by atoms with van der Waals surface area (Å²) in [7, 11) is 0. The summed E-state index contributed by atoms with van der Waals surface area (Å²) in [4.78, 5) is 22.3. The van der Waals surface area contributed by atoms with Crippen LogP contribution in [0.2, 0.25) is 0 Å². The zero-order valence-electron chi connectivity index (χ0n) is 14.1. The number of nitrogens with zero attached hydrogens (tertiary/aromatic N) is 1. The zero-order valence-corrected chi connectivity index (χ0v) is 17.3. The smallest absolute Gasteiger partial charge is 0.269 e. The maximum atomic E-state index is 12.8. The predicted molar refractivity (Wildman–Crippen MR) is 114 cm³/mol. The second-order valence-electron chi connectivity index (χ2n) is 5.96. The minimum Gasteiger partial charge on any atom is -0.293 e. The molecular formula is C21H15Br2NO3. The van der Waals surface area contributed by atoms with Gasteiger partial charge in [0.25, 0.3) is 5.69 Å². The quantitative estimate of drug-likeness (QED) is 0.176. The van der Waals surface area contributed by atoms with E-state index < -0.39 is 9.75 Å². The normalized spacial score (nSPS) is 13.0. The van der Waals surface area contributed by atoms with Gasteiger partial charge in [-0.2, -0.15) is 0 Å². The number of non-ortho nitro benzene ring substituents is 1. The molecule has 3 aromatic carbocycles. The fourth-order valence-electron chi connectivity index (χ4n) is 2.70. The van der Waals surface area contributed by atoms with Crippen molar-refractivity contribution in [3.05, 3.63) is 100 Å². The van der Waals surface area contributed by atoms with E-state index in [1.54, 1.807) is 12.1 Å². The summed E-state index contributed by atoms with van der Waals surface area (Å²) >= 11 is 6.99. The van der Waals surface area contributed by atoms with Crippen molar-refractivity contribution in [3.63, 3.8) is 0 Å². The number of carbonyl (C=O) groups is 1. The lowest BCUT2D eigenvalue weighted by Gasteiger charge is -2.16. The molecule has 0 unspecified atom stereocenters. The lowest BCUT2D eigenvalue weighted by Crippen LogP contribution is -2.19. The third-order valence-corrected chi connectivity index (χ3v) is 6.92. The Morgan fingerprint density at radius 2 is 1.37 bits per heavy atom. The number of Topliss-reactive ketones (excluding diaryl/α,β-unsaturated/α-hetero) is 1. The van der Waals surface area contributed by atoms with Crippen LogP contribution in [0.5, 0.6) is 0 Å². The first-order valence-electron chi connectivity index (χ1n) is 8.19. The highest BCUT2D eigenvalue weighted by Crippen LogP contribution is 2.34. The van der Waals surface area contributed by atoms with E-state index in [0.717, 1.165) is 16.7 Å². The number of nitro groups is 1. The van der Waals surface area contributed by atoms with Crippen molar-refractivity contribution in [2.75, 3.05) is 0 Å². The molecule has 0 fully saturated rings.